The maximum atomic E-state index is 13.0. The molecular formula is C31H41F3N6O3. The van der Waals surface area contributed by atoms with Crippen LogP contribution in [0.3, 0.4) is 0 Å². The van der Waals surface area contributed by atoms with Crippen LogP contribution in [-0.4, -0.2) is 42.3 Å². The number of hydrogen-bond donors (Lipinski definition) is 1. The molecule has 12 heteroatoms. The maximum absolute atomic E-state index is 13.0. The molecule has 2 aromatic heterocycles. The van der Waals surface area contributed by atoms with Gasteiger partial charge in [0.15, 0.2) is 5.82 Å². The van der Waals surface area contributed by atoms with Gasteiger partial charge in [0.25, 0.3) is 0 Å². The minimum atomic E-state index is -4.42. The molecule has 0 aliphatic heterocycles. The van der Waals surface area contributed by atoms with E-state index >= 15 is 0 Å². The molecule has 0 atom stereocenters. The van der Waals surface area contributed by atoms with Crippen molar-refractivity contribution in [1.82, 2.24) is 29.9 Å². The molecule has 9 nitrogen and oxygen atoms in total. The quantitative estimate of drug-likeness (QED) is 0.311. The fourth-order valence-corrected chi connectivity index (χ4v) is 6.17. The molecule has 5 rings (SSSR count). The average molecular weight is 603 g/mol. The number of hydrogen-bond acceptors (Lipinski definition) is 6. The maximum Gasteiger partial charge on any atom is 0.416 e. The Labute approximate surface area is 250 Å². The molecule has 0 spiro atoms. The average Bonchev–Trinajstić information content (AvgIpc) is 3.58. The van der Waals surface area contributed by atoms with E-state index in [0.717, 1.165) is 69.3 Å². The first kappa shape index (κ1) is 30.9. The second-order valence-corrected chi connectivity index (χ2v) is 12.8. The lowest BCUT2D eigenvalue weighted by atomic mass is 9.79. The third-order valence-electron chi connectivity index (χ3n) is 8.50. The molecule has 234 valence electrons. The van der Waals surface area contributed by atoms with Crippen LogP contribution >= 0.6 is 0 Å². The van der Waals surface area contributed by atoms with E-state index in [-0.39, 0.29) is 30.4 Å². The number of carbonyl (C=O) groups excluding carboxylic acids is 1. The fourth-order valence-electron chi connectivity index (χ4n) is 6.17. The zero-order valence-electron chi connectivity index (χ0n) is 25.2. The van der Waals surface area contributed by atoms with E-state index in [9.17, 15) is 18.0 Å². The predicted molar refractivity (Wildman–Crippen MR) is 154 cm³/mol. The Bertz CT molecular complexity index is 1380. The Morgan fingerprint density at radius 1 is 1.00 bits per heavy atom. The smallest absolute Gasteiger partial charge is 0.416 e. The van der Waals surface area contributed by atoms with Gasteiger partial charge in [0.05, 0.1) is 17.8 Å². The molecule has 3 aromatic rings. The summed E-state index contributed by atoms with van der Waals surface area (Å²) in [5.41, 5.74) is 0.0165. The van der Waals surface area contributed by atoms with E-state index in [4.69, 9.17) is 14.6 Å². The number of benzene rings is 1. The lowest BCUT2D eigenvalue weighted by molar-refractivity contribution is -0.137. The molecule has 43 heavy (non-hydrogen) atoms. The molecule has 2 aliphatic carbocycles. The number of ether oxygens (including phenoxy) is 2. The number of nitrogens with one attached hydrogen (secondary N) is 1. The molecule has 0 radical (unpaired) electrons. The summed E-state index contributed by atoms with van der Waals surface area (Å²) in [6, 6.07) is 5.31. The van der Waals surface area contributed by atoms with Crippen LogP contribution in [-0.2, 0) is 24.6 Å². The molecule has 2 heterocycles. The highest BCUT2D eigenvalue weighted by Gasteiger charge is 2.32. The molecular weight excluding hydrogens is 561 g/mol. The van der Waals surface area contributed by atoms with Crippen molar-refractivity contribution in [3.63, 3.8) is 0 Å². The minimum absolute atomic E-state index is 0.0400. The number of alkyl carbamates (subject to hydrolysis) is 1. The summed E-state index contributed by atoms with van der Waals surface area (Å²) in [6.45, 7) is 5.63. The first-order valence-electron chi connectivity index (χ1n) is 15.1. The number of nitrogens with zero attached hydrogens (tertiary/aromatic N) is 5. The Morgan fingerprint density at radius 3 is 2.37 bits per heavy atom. The number of halogens is 3. The first-order valence-corrected chi connectivity index (χ1v) is 15.1. The van der Waals surface area contributed by atoms with Crippen molar-refractivity contribution >= 4 is 6.09 Å². The van der Waals surface area contributed by atoms with Gasteiger partial charge in [-0.1, -0.05) is 6.07 Å². The van der Waals surface area contributed by atoms with Crippen molar-refractivity contribution in [2.75, 3.05) is 0 Å². The van der Waals surface area contributed by atoms with E-state index in [0.29, 0.717) is 17.8 Å². The van der Waals surface area contributed by atoms with Crippen LogP contribution in [0.1, 0.15) is 113 Å². The molecule has 1 aromatic carbocycles. The summed E-state index contributed by atoms with van der Waals surface area (Å²) in [5, 5.41) is 16.4. The van der Waals surface area contributed by atoms with Crippen LogP contribution in [0, 0.1) is 0 Å². The topological polar surface area (TPSA) is 96.1 Å². The zero-order valence-corrected chi connectivity index (χ0v) is 25.2. The van der Waals surface area contributed by atoms with E-state index in [1.165, 1.54) is 17.7 Å². The highest BCUT2D eigenvalue weighted by atomic mass is 19.4. The highest BCUT2D eigenvalue weighted by molar-refractivity contribution is 5.68. The Kier molecular flexibility index (Phi) is 9.03. The summed E-state index contributed by atoms with van der Waals surface area (Å²) in [6.07, 6.45) is 7.12. The van der Waals surface area contributed by atoms with Gasteiger partial charge >= 0.3 is 12.3 Å². The Morgan fingerprint density at radius 2 is 1.70 bits per heavy atom. The lowest BCUT2D eigenvalue weighted by Gasteiger charge is -2.30. The van der Waals surface area contributed by atoms with Gasteiger partial charge in [-0.2, -0.15) is 18.3 Å². The van der Waals surface area contributed by atoms with Crippen molar-refractivity contribution in [3.8, 4) is 5.75 Å². The zero-order chi connectivity index (χ0) is 30.8. The largest absolute Gasteiger partial charge is 0.486 e. The van der Waals surface area contributed by atoms with Gasteiger partial charge in [-0.05, 0) is 102 Å². The monoisotopic (exact) mass is 602 g/mol. The molecule has 2 aliphatic rings. The van der Waals surface area contributed by atoms with Crippen LogP contribution < -0.4 is 10.1 Å². The highest BCUT2D eigenvalue weighted by Crippen LogP contribution is 2.40. The van der Waals surface area contributed by atoms with Gasteiger partial charge in [0.2, 0.25) is 0 Å². The second kappa shape index (κ2) is 12.6. The van der Waals surface area contributed by atoms with Gasteiger partial charge in [-0.25, -0.2) is 4.79 Å². The summed E-state index contributed by atoms with van der Waals surface area (Å²) in [5.74, 6) is 2.30. The predicted octanol–water partition coefficient (Wildman–Crippen LogP) is 7.06. The molecule has 2 saturated carbocycles. The van der Waals surface area contributed by atoms with E-state index in [1.807, 2.05) is 38.6 Å². The van der Waals surface area contributed by atoms with E-state index in [2.05, 4.69) is 26.4 Å². The summed E-state index contributed by atoms with van der Waals surface area (Å²) in [7, 11) is 1.88. The van der Waals surface area contributed by atoms with E-state index in [1.54, 1.807) is 0 Å². The number of amides is 1. The van der Waals surface area contributed by atoms with Gasteiger partial charge in [-0.15, -0.1) is 10.2 Å². The molecule has 1 amide bonds. The van der Waals surface area contributed by atoms with Crippen LogP contribution in [0.4, 0.5) is 18.0 Å². The summed E-state index contributed by atoms with van der Waals surface area (Å²) < 4.78 is 54.1. The van der Waals surface area contributed by atoms with Crippen molar-refractivity contribution in [2.45, 2.75) is 114 Å². The molecule has 0 saturated heterocycles. The van der Waals surface area contributed by atoms with Gasteiger partial charge in [0, 0.05) is 25.2 Å². The standard InChI is InChI=1S/C31H41F3N6O3/c1-30(2,3)43-29(41)36-24-12-14-25(15-13-24)40-18-22(17-35-40)20-8-10-21(11-9-20)28-38-37-27(39(28)4)19-42-26-7-5-6-23(16-26)31(32,33)34/h5-7,16-18,20-21,24-25H,8-15,19H2,1-4H3,(H,36,41). The minimum Gasteiger partial charge on any atom is -0.486 e. The van der Waals surface area contributed by atoms with Gasteiger partial charge in [0.1, 0.15) is 23.8 Å². The van der Waals surface area contributed by atoms with Crippen molar-refractivity contribution < 1.29 is 27.4 Å². The number of rotatable bonds is 7. The van der Waals surface area contributed by atoms with Gasteiger partial charge < -0.3 is 19.4 Å². The molecule has 2 fully saturated rings. The number of aromatic nitrogens is 5. The Balaban J connectivity index is 1.09. The van der Waals surface area contributed by atoms with Crippen LogP contribution in [0.15, 0.2) is 36.7 Å². The molecule has 1 N–H and O–H groups in total. The molecule has 0 unspecified atom stereocenters. The van der Waals surface area contributed by atoms with Crippen LogP contribution in [0.2, 0.25) is 0 Å². The van der Waals surface area contributed by atoms with Gasteiger partial charge in [-0.3, -0.25) is 4.68 Å². The van der Waals surface area contributed by atoms with Crippen LogP contribution in [0.5, 0.6) is 5.75 Å². The SMILES string of the molecule is Cn1c(COc2cccc(C(F)(F)F)c2)nnc1C1CCC(c2cnn(C3CCC(NC(=O)OC(C)(C)C)CC3)c2)CC1. The van der Waals surface area contributed by atoms with Crippen molar-refractivity contribution in [1.29, 1.82) is 0 Å². The third kappa shape index (κ3) is 7.88. The number of alkyl halides is 3. The molecule has 0 bridgehead atoms. The third-order valence-corrected chi connectivity index (χ3v) is 8.50. The normalized spacial score (nSPS) is 23.1. The second-order valence-electron chi connectivity index (χ2n) is 12.8. The van der Waals surface area contributed by atoms with Crippen molar-refractivity contribution in [3.05, 3.63) is 59.4 Å². The Hall–Kier alpha value is -3.57. The summed E-state index contributed by atoms with van der Waals surface area (Å²) >= 11 is 0. The van der Waals surface area contributed by atoms with E-state index < -0.39 is 17.3 Å². The fraction of sp³-hybridized carbons (Fsp3) is 0.613. The lowest BCUT2D eigenvalue weighted by Crippen LogP contribution is -2.41. The van der Waals surface area contributed by atoms with Crippen molar-refractivity contribution in [2.24, 2.45) is 7.05 Å². The summed E-state index contributed by atoms with van der Waals surface area (Å²) in [4.78, 5) is 12.1. The van der Waals surface area contributed by atoms with Crippen LogP contribution in [0.25, 0.3) is 0 Å². The number of carbonyl (C=O) groups is 1. The first-order chi connectivity index (χ1) is 20.4.